The molecule has 1 heterocycles. The number of hydrogen-bond acceptors (Lipinski definition) is 6. The smallest absolute Gasteiger partial charge is 0.344 e. The number of nitrogens with one attached hydrogen (secondary N) is 2. The SMILES string of the molecule is CCOC(=O)c1c(C)oc(NC(=S)Nc2ccccc2)c1C(=O)OCC. The van der Waals surface area contributed by atoms with Gasteiger partial charge in [0.1, 0.15) is 16.9 Å². The number of benzene rings is 1. The topological polar surface area (TPSA) is 89.8 Å². The van der Waals surface area contributed by atoms with E-state index in [0.29, 0.717) is 0 Å². The molecule has 2 aromatic rings. The summed E-state index contributed by atoms with van der Waals surface area (Å²) < 4.78 is 15.6. The van der Waals surface area contributed by atoms with Crippen LogP contribution in [0.4, 0.5) is 11.6 Å². The van der Waals surface area contributed by atoms with Gasteiger partial charge in [-0.05, 0) is 45.1 Å². The van der Waals surface area contributed by atoms with Gasteiger partial charge in [-0.1, -0.05) is 18.2 Å². The number of hydrogen-bond donors (Lipinski definition) is 2. The number of carbonyl (C=O) groups excluding carboxylic acids is 2. The summed E-state index contributed by atoms with van der Waals surface area (Å²) in [6.07, 6.45) is 0. The van der Waals surface area contributed by atoms with Crippen LogP contribution >= 0.6 is 12.2 Å². The Kier molecular flexibility index (Phi) is 6.74. The van der Waals surface area contributed by atoms with Crippen LogP contribution in [0.5, 0.6) is 0 Å². The Hall–Kier alpha value is -2.87. The lowest BCUT2D eigenvalue weighted by molar-refractivity contribution is 0.0480. The van der Waals surface area contributed by atoms with E-state index in [1.54, 1.807) is 20.8 Å². The minimum absolute atomic E-state index is 0.0234. The maximum absolute atomic E-state index is 12.4. The van der Waals surface area contributed by atoms with Crippen molar-refractivity contribution >= 4 is 40.8 Å². The zero-order chi connectivity index (χ0) is 19.1. The molecule has 138 valence electrons. The van der Waals surface area contributed by atoms with Crippen LogP contribution < -0.4 is 10.6 Å². The summed E-state index contributed by atoms with van der Waals surface area (Å²) in [5.41, 5.74) is 0.743. The van der Waals surface area contributed by atoms with E-state index in [2.05, 4.69) is 10.6 Å². The average molecular weight is 376 g/mol. The molecule has 8 heteroatoms. The molecule has 0 radical (unpaired) electrons. The molecular formula is C18H20N2O5S. The Morgan fingerprint density at radius 1 is 1.00 bits per heavy atom. The number of rotatable bonds is 6. The monoisotopic (exact) mass is 376 g/mol. The van der Waals surface area contributed by atoms with E-state index in [4.69, 9.17) is 26.1 Å². The average Bonchev–Trinajstić information content (AvgIpc) is 2.92. The maximum Gasteiger partial charge on any atom is 0.344 e. The summed E-state index contributed by atoms with van der Waals surface area (Å²) in [7, 11) is 0. The zero-order valence-corrected chi connectivity index (χ0v) is 15.6. The van der Waals surface area contributed by atoms with Crippen LogP contribution in [0.1, 0.15) is 40.3 Å². The minimum Gasteiger partial charge on any atom is -0.462 e. The molecule has 2 N–H and O–H groups in total. The van der Waals surface area contributed by atoms with Crippen molar-refractivity contribution in [3.05, 3.63) is 47.2 Å². The van der Waals surface area contributed by atoms with E-state index in [9.17, 15) is 9.59 Å². The second-order valence-corrected chi connectivity index (χ2v) is 5.53. The highest BCUT2D eigenvalue weighted by Gasteiger charge is 2.31. The first-order valence-corrected chi connectivity index (χ1v) is 8.49. The van der Waals surface area contributed by atoms with Gasteiger partial charge in [-0.3, -0.25) is 0 Å². The van der Waals surface area contributed by atoms with Gasteiger partial charge in [-0.25, -0.2) is 9.59 Å². The Labute approximate surface area is 156 Å². The van der Waals surface area contributed by atoms with Crippen molar-refractivity contribution in [1.29, 1.82) is 0 Å². The van der Waals surface area contributed by atoms with Gasteiger partial charge in [0.25, 0.3) is 0 Å². The lowest BCUT2D eigenvalue weighted by Crippen LogP contribution is -2.21. The van der Waals surface area contributed by atoms with Gasteiger partial charge in [0.2, 0.25) is 5.88 Å². The van der Waals surface area contributed by atoms with Gasteiger partial charge in [0.15, 0.2) is 5.11 Å². The van der Waals surface area contributed by atoms with E-state index < -0.39 is 11.9 Å². The van der Waals surface area contributed by atoms with Crippen molar-refractivity contribution in [1.82, 2.24) is 0 Å². The first kappa shape index (κ1) is 19.5. The summed E-state index contributed by atoms with van der Waals surface area (Å²) >= 11 is 5.25. The van der Waals surface area contributed by atoms with E-state index in [1.807, 2.05) is 30.3 Å². The molecule has 7 nitrogen and oxygen atoms in total. The first-order valence-electron chi connectivity index (χ1n) is 8.08. The number of ether oxygens (including phenoxy) is 2. The Bertz CT molecular complexity index is 801. The van der Waals surface area contributed by atoms with Crippen LogP contribution in [0.3, 0.4) is 0 Å². The summed E-state index contributed by atoms with van der Waals surface area (Å²) in [6.45, 7) is 5.23. The normalized spacial score (nSPS) is 10.1. The largest absolute Gasteiger partial charge is 0.462 e. The molecule has 0 aliphatic rings. The van der Waals surface area contributed by atoms with E-state index >= 15 is 0 Å². The highest BCUT2D eigenvalue weighted by atomic mass is 32.1. The highest BCUT2D eigenvalue weighted by Crippen LogP contribution is 2.29. The van der Waals surface area contributed by atoms with Crippen molar-refractivity contribution in [2.75, 3.05) is 23.8 Å². The third-order valence-corrected chi connectivity index (χ3v) is 3.51. The molecule has 1 aromatic carbocycles. The first-order chi connectivity index (χ1) is 12.5. The second kappa shape index (κ2) is 9.00. The van der Waals surface area contributed by atoms with Crippen LogP contribution in [0.25, 0.3) is 0 Å². The Morgan fingerprint density at radius 3 is 2.15 bits per heavy atom. The zero-order valence-electron chi connectivity index (χ0n) is 14.8. The van der Waals surface area contributed by atoms with E-state index in [1.165, 1.54) is 0 Å². The molecule has 0 saturated carbocycles. The fraction of sp³-hybridized carbons (Fsp3) is 0.278. The maximum atomic E-state index is 12.4. The predicted octanol–water partition coefficient (Wildman–Crippen LogP) is 3.75. The van der Waals surface area contributed by atoms with Crippen LogP contribution in [-0.2, 0) is 9.47 Å². The molecule has 0 aliphatic carbocycles. The van der Waals surface area contributed by atoms with Gasteiger partial charge in [0, 0.05) is 5.69 Å². The number of para-hydroxylation sites is 1. The van der Waals surface area contributed by atoms with Gasteiger partial charge in [-0.2, -0.15) is 0 Å². The number of esters is 2. The fourth-order valence-electron chi connectivity index (χ4n) is 2.27. The van der Waals surface area contributed by atoms with Crippen LogP contribution in [0, 0.1) is 6.92 Å². The summed E-state index contributed by atoms with van der Waals surface area (Å²) in [5.74, 6) is -1.10. The summed E-state index contributed by atoms with van der Waals surface area (Å²) in [4.78, 5) is 24.6. The van der Waals surface area contributed by atoms with Gasteiger partial charge in [0.05, 0.1) is 13.2 Å². The van der Waals surface area contributed by atoms with Crippen LogP contribution in [-0.4, -0.2) is 30.3 Å². The van der Waals surface area contributed by atoms with Gasteiger partial charge in [-0.15, -0.1) is 0 Å². The van der Waals surface area contributed by atoms with Crippen molar-refractivity contribution in [3.8, 4) is 0 Å². The fourth-order valence-corrected chi connectivity index (χ4v) is 2.48. The van der Waals surface area contributed by atoms with Crippen molar-refractivity contribution in [3.63, 3.8) is 0 Å². The van der Waals surface area contributed by atoms with Gasteiger partial charge < -0.3 is 24.5 Å². The lowest BCUT2D eigenvalue weighted by atomic mass is 10.1. The number of carbonyl (C=O) groups is 2. The molecule has 1 aromatic heterocycles. The molecule has 0 aliphatic heterocycles. The Morgan fingerprint density at radius 2 is 1.58 bits per heavy atom. The molecule has 2 rings (SSSR count). The molecule has 0 saturated heterocycles. The minimum atomic E-state index is -0.697. The quantitative estimate of drug-likeness (QED) is 0.582. The number of furan rings is 1. The Balaban J connectivity index is 2.31. The molecule has 0 unspecified atom stereocenters. The summed E-state index contributed by atoms with van der Waals surface area (Å²) in [6, 6.07) is 9.24. The number of anilines is 2. The van der Waals surface area contributed by atoms with Crippen molar-refractivity contribution in [2.24, 2.45) is 0 Å². The number of aryl methyl sites for hydroxylation is 1. The van der Waals surface area contributed by atoms with Crippen LogP contribution in [0.15, 0.2) is 34.7 Å². The highest BCUT2D eigenvalue weighted by molar-refractivity contribution is 7.80. The van der Waals surface area contributed by atoms with E-state index in [0.717, 1.165) is 5.69 Å². The molecule has 0 fully saturated rings. The molecule has 0 atom stereocenters. The third kappa shape index (κ3) is 4.60. The third-order valence-electron chi connectivity index (χ3n) is 3.30. The molecule has 0 bridgehead atoms. The van der Waals surface area contributed by atoms with Crippen LogP contribution in [0.2, 0.25) is 0 Å². The summed E-state index contributed by atoms with van der Waals surface area (Å²) in [5, 5.41) is 5.97. The predicted molar refractivity (Wildman–Crippen MR) is 102 cm³/mol. The molecule has 0 amide bonds. The van der Waals surface area contributed by atoms with Crippen molar-refractivity contribution in [2.45, 2.75) is 20.8 Å². The second-order valence-electron chi connectivity index (χ2n) is 5.12. The molecular weight excluding hydrogens is 356 g/mol. The molecule has 26 heavy (non-hydrogen) atoms. The van der Waals surface area contributed by atoms with Gasteiger partial charge >= 0.3 is 11.9 Å². The number of thiocarbonyl (C=S) groups is 1. The van der Waals surface area contributed by atoms with Crippen molar-refractivity contribution < 1.29 is 23.5 Å². The van der Waals surface area contributed by atoms with E-state index in [-0.39, 0.29) is 41.1 Å². The standard InChI is InChI=1S/C18H20N2O5S/c1-4-23-16(21)13-11(3)25-15(14(13)17(22)24-5-2)20-18(26)19-12-9-7-6-8-10-12/h6-10H,4-5H2,1-3H3,(H2,19,20,26). The molecule has 0 spiro atoms. The lowest BCUT2D eigenvalue weighted by Gasteiger charge is -2.10.